The summed E-state index contributed by atoms with van der Waals surface area (Å²) in [5.41, 5.74) is 2.25. The summed E-state index contributed by atoms with van der Waals surface area (Å²) in [4.78, 5) is 0. The Morgan fingerprint density at radius 2 is 1.73 bits per heavy atom. The van der Waals surface area contributed by atoms with Crippen LogP contribution >= 0.6 is 0 Å². The van der Waals surface area contributed by atoms with Crippen molar-refractivity contribution in [1.29, 1.82) is 0 Å². The van der Waals surface area contributed by atoms with Crippen LogP contribution in [0.4, 0.5) is 4.39 Å². The monoisotopic (exact) mass is 321 g/mol. The lowest BCUT2D eigenvalue weighted by molar-refractivity contribution is 0.561. The number of benzene rings is 2. The van der Waals surface area contributed by atoms with Crippen LogP contribution in [0.25, 0.3) is 0 Å². The molecule has 0 aromatic heterocycles. The second-order valence-corrected chi connectivity index (χ2v) is 7.04. The number of rotatable bonds is 6. The van der Waals surface area contributed by atoms with E-state index in [-0.39, 0.29) is 17.4 Å². The molecular formula is C17H20FNO2S. The molecule has 0 radical (unpaired) electrons. The number of nitrogens with one attached hydrogen (secondary N) is 1. The van der Waals surface area contributed by atoms with Crippen molar-refractivity contribution >= 4 is 10.0 Å². The number of halogens is 1. The lowest BCUT2D eigenvalue weighted by atomic mass is 10.1. The van der Waals surface area contributed by atoms with E-state index in [0.717, 1.165) is 12.0 Å². The summed E-state index contributed by atoms with van der Waals surface area (Å²) in [5, 5.41) is 0. The van der Waals surface area contributed by atoms with Gasteiger partial charge in [0, 0.05) is 11.6 Å². The average Bonchev–Trinajstić information content (AvgIpc) is 2.49. The molecule has 0 bridgehead atoms. The van der Waals surface area contributed by atoms with Crippen LogP contribution in [0.1, 0.15) is 36.6 Å². The largest absolute Gasteiger partial charge is 0.216 e. The van der Waals surface area contributed by atoms with Crippen LogP contribution in [0.2, 0.25) is 0 Å². The van der Waals surface area contributed by atoms with Gasteiger partial charge in [0.15, 0.2) is 0 Å². The zero-order valence-electron chi connectivity index (χ0n) is 12.7. The molecule has 118 valence electrons. The average molecular weight is 321 g/mol. The SMILES string of the molecule is CCc1ccc([C@H](C)NS(=O)(=O)Cc2ccccc2F)cc1. The highest BCUT2D eigenvalue weighted by Crippen LogP contribution is 2.17. The van der Waals surface area contributed by atoms with Gasteiger partial charge in [0.25, 0.3) is 0 Å². The van der Waals surface area contributed by atoms with Crippen LogP contribution < -0.4 is 4.72 Å². The second kappa shape index (κ2) is 7.03. The van der Waals surface area contributed by atoms with Crippen LogP contribution in [0.15, 0.2) is 48.5 Å². The topological polar surface area (TPSA) is 46.2 Å². The van der Waals surface area contributed by atoms with E-state index in [4.69, 9.17) is 0 Å². The molecule has 5 heteroatoms. The lowest BCUT2D eigenvalue weighted by Gasteiger charge is -2.15. The maximum absolute atomic E-state index is 13.6. The van der Waals surface area contributed by atoms with E-state index in [0.29, 0.717) is 0 Å². The van der Waals surface area contributed by atoms with Gasteiger partial charge in [-0.1, -0.05) is 49.4 Å². The quantitative estimate of drug-likeness (QED) is 0.884. The fourth-order valence-electron chi connectivity index (χ4n) is 2.24. The van der Waals surface area contributed by atoms with Gasteiger partial charge in [0.2, 0.25) is 10.0 Å². The minimum absolute atomic E-state index is 0.170. The Balaban J connectivity index is 2.09. The van der Waals surface area contributed by atoms with E-state index in [1.807, 2.05) is 24.3 Å². The molecular weight excluding hydrogens is 301 g/mol. The predicted molar refractivity (Wildman–Crippen MR) is 86.4 cm³/mol. The molecule has 0 spiro atoms. The van der Waals surface area contributed by atoms with Crippen molar-refractivity contribution in [1.82, 2.24) is 4.72 Å². The first-order chi connectivity index (χ1) is 10.4. The highest BCUT2D eigenvalue weighted by Gasteiger charge is 2.18. The molecule has 0 aliphatic rings. The lowest BCUT2D eigenvalue weighted by Crippen LogP contribution is -2.28. The Labute approximate surface area is 131 Å². The van der Waals surface area contributed by atoms with Crippen LogP contribution in [-0.4, -0.2) is 8.42 Å². The minimum Gasteiger partial charge on any atom is -0.212 e. The molecule has 0 saturated heterocycles. The zero-order chi connectivity index (χ0) is 16.2. The molecule has 1 N–H and O–H groups in total. The van der Waals surface area contributed by atoms with Crippen LogP contribution in [0.3, 0.4) is 0 Å². The Kier molecular flexibility index (Phi) is 5.32. The molecule has 0 aliphatic carbocycles. The van der Waals surface area contributed by atoms with Gasteiger partial charge in [0.1, 0.15) is 5.82 Å². The van der Waals surface area contributed by atoms with E-state index >= 15 is 0 Å². The molecule has 0 amide bonds. The third-order valence-corrected chi connectivity index (χ3v) is 4.95. The van der Waals surface area contributed by atoms with Crippen molar-refractivity contribution in [2.45, 2.75) is 32.1 Å². The summed E-state index contributed by atoms with van der Waals surface area (Å²) in [5.74, 6) is -0.871. The second-order valence-electron chi connectivity index (χ2n) is 5.29. The normalized spacial score (nSPS) is 13.0. The molecule has 2 aromatic rings. The minimum atomic E-state index is -3.61. The number of hydrogen-bond donors (Lipinski definition) is 1. The zero-order valence-corrected chi connectivity index (χ0v) is 13.5. The molecule has 0 saturated carbocycles. The third kappa shape index (κ3) is 4.39. The van der Waals surface area contributed by atoms with Crippen molar-refractivity contribution in [3.63, 3.8) is 0 Å². The molecule has 1 atom stereocenters. The summed E-state index contributed by atoms with van der Waals surface area (Å²) in [7, 11) is -3.61. The first-order valence-corrected chi connectivity index (χ1v) is 8.89. The van der Waals surface area contributed by atoms with Crippen molar-refractivity contribution in [3.05, 3.63) is 71.0 Å². The Morgan fingerprint density at radius 1 is 1.09 bits per heavy atom. The van der Waals surface area contributed by atoms with Gasteiger partial charge in [-0.3, -0.25) is 0 Å². The Hall–Kier alpha value is -1.72. The smallest absolute Gasteiger partial charge is 0.212 e. The van der Waals surface area contributed by atoms with Gasteiger partial charge in [-0.2, -0.15) is 0 Å². The van der Waals surface area contributed by atoms with E-state index in [9.17, 15) is 12.8 Å². The van der Waals surface area contributed by atoms with Crippen LogP contribution in [0.5, 0.6) is 0 Å². The maximum atomic E-state index is 13.6. The first kappa shape index (κ1) is 16.6. The van der Waals surface area contributed by atoms with Gasteiger partial charge in [-0.25, -0.2) is 17.5 Å². The van der Waals surface area contributed by atoms with Gasteiger partial charge >= 0.3 is 0 Å². The number of hydrogen-bond acceptors (Lipinski definition) is 2. The van der Waals surface area contributed by atoms with Crippen molar-refractivity contribution in [3.8, 4) is 0 Å². The Morgan fingerprint density at radius 3 is 2.32 bits per heavy atom. The van der Waals surface area contributed by atoms with E-state index in [1.165, 1.54) is 23.8 Å². The van der Waals surface area contributed by atoms with E-state index in [2.05, 4.69) is 11.6 Å². The molecule has 0 aliphatic heterocycles. The fourth-order valence-corrected chi connectivity index (χ4v) is 3.64. The van der Waals surface area contributed by atoms with Crippen molar-refractivity contribution < 1.29 is 12.8 Å². The van der Waals surface area contributed by atoms with E-state index < -0.39 is 15.8 Å². The first-order valence-electron chi connectivity index (χ1n) is 7.23. The Bertz CT molecular complexity index is 727. The molecule has 0 fully saturated rings. The molecule has 22 heavy (non-hydrogen) atoms. The molecule has 2 aromatic carbocycles. The van der Waals surface area contributed by atoms with Crippen molar-refractivity contribution in [2.75, 3.05) is 0 Å². The molecule has 2 rings (SSSR count). The third-order valence-electron chi connectivity index (χ3n) is 3.55. The number of aryl methyl sites for hydroxylation is 1. The summed E-state index contributed by atoms with van der Waals surface area (Å²) < 4.78 is 40.5. The highest BCUT2D eigenvalue weighted by molar-refractivity contribution is 7.88. The molecule has 3 nitrogen and oxygen atoms in total. The maximum Gasteiger partial charge on any atom is 0.216 e. The van der Waals surface area contributed by atoms with Crippen LogP contribution in [0, 0.1) is 5.82 Å². The molecule has 0 heterocycles. The fraction of sp³-hybridized carbons (Fsp3) is 0.294. The number of sulfonamides is 1. The molecule has 0 unspecified atom stereocenters. The van der Waals surface area contributed by atoms with Gasteiger partial charge in [-0.05, 0) is 30.5 Å². The summed E-state index contributed by atoms with van der Waals surface area (Å²) in [6.07, 6.45) is 0.938. The summed E-state index contributed by atoms with van der Waals surface area (Å²) >= 11 is 0. The van der Waals surface area contributed by atoms with E-state index in [1.54, 1.807) is 13.0 Å². The highest BCUT2D eigenvalue weighted by atomic mass is 32.2. The summed E-state index contributed by atoms with van der Waals surface area (Å²) in [6, 6.07) is 13.3. The van der Waals surface area contributed by atoms with Gasteiger partial charge in [-0.15, -0.1) is 0 Å². The van der Waals surface area contributed by atoms with Gasteiger partial charge < -0.3 is 0 Å². The van der Waals surface area contributed by atoms with Crippen molar-refractivity contribution in [2.24, 2.45) is 0 Å². The predicted octanol–water partition coefficient (Wildman–Crippen LogP) is 3.57. The van der Waals surface area contributed by atoms with Crippen LogP contribution in [-0.2, 0) is 22.2 Å². The van der Waals surface area contributed by atoms with Gasteiger partial charge in [0.05, 0.1) is 5.75 Å². The standard InChI is InChI=1S/C17H20FNO2S/c1-3-14-8-10-15(11-9-14)13(2)19-22(20,21)12-16-6-4-5-7-17(16)18/h4-11,13,19H,3,12H2,1-2H3/t13-/m0/s1. The summed E-state index contributed by atoms with van der Waals surface area (Å²) in [6.45, 7) is 3.84.